The maximum Gasteiger partial charge on any atom is 0.188 e. The predicted molar refractivity (Wildman–Crippen MR) is 83.4 cm³/mol. The second-order valence-electron chi connectivity index (χ2n) is 6.49. The van der Waals surface area contributed by atoms with E-state index in [9.17, 15) is 0 Å². The van der Waals surface area contributed by atoms with Crippen molar-refractivity contribution >= 4 is 5.96 Å². The molecule has 1 aliphatic heterocycles. The Morgan fingerprint density at radius 1 is 1.26 bits per heavy atom. The minimum atomic E-state index is 0.363. The summed E-state index contributed by atoms with van der Waals surface area (Å²) in [5, 5.41) is 3.14. The standard InChI is InChI=1S/C15H32N4/c1-12(2)5-8-19-9-6-14(7-10-19)11-17-15(16)18-13(3)4/h12-14H,5-11H2,1-4H3,(H3,16,17,18). The normalized spacial score (nSPS) is 19.4. The molecule has 0 radical (unpaired) electrons. The van der Waals surface area contributed by atoms with Gasteiger partial charge in [-0.05, 0) is 64.6 Å². The Morgan fingerprint density at radius 2 is 1.89 bits per heavy atom. The van der Waals surface area contributed by atoms with E-state index >= 15 is 0 Å². The molecule has 0 amide bonds. The summed E-state index contributed by atoms with van der Waals surface area (Å²) in [5.74, 6) is 2.12. The van der Waals surface area contributed by atoms with Crippen molar-refractivity contribution < 1.29 is 0 Å². The number of hydrogen-bond acceptors (Lipinski definition) is 2. The van der Waals surface area contributed by atoms with E-state index in [0.29, 0.717) is 17.9 Å². The van der Waals surface area contributed by atoms with Gasteiger partial charge in [-0.1, -0.05) is 13.8 Å². The zero-order chi connectivity index (χ0) is 14.3. The highest BCUT2D eigenvalue weighted by atomic mass is 15.1. The maximum atomic E-state index is 5.83. The zero-order valence-electron chi connectivity index (χ0n) is 13.2. The van der Waals surface area contributed by atoms with Gasteiger partial charge in [-0.2, -0.15) is 0 Å². The molecule has 0 bridgehead atoms. The molecule has 0 aromatic heterocycles. The van der Waals surface area contributed by atoms with Crippen molar-refractivity contribution in [3.8, 4) is 0 Å². The average Bonchev–Trinajstić information content (AvgIpc) is 2.34. The van der Waals surface area contributed by atoms with E-state index in [1.54, 1.807) is 0 Å². The first-order valence-electron chi connectivity index (χ1n) is 7.76. The van der Waals surface area contributed by atoms with Crippen molar-refractivity contribution in [1.29, 1.82) is 0 Å². The van der Waals surface area contributed by atoms with Gasteiger partial charge in [0.15, 0.2) is 5.96 Å². The fourth-order valence-electron chi connectivity index (χ4n) is 2.40. The lowest BCUT2D eigenvalue weighted by Gasteiger charge is -2.31. The van der Waals surface area contributed by atoms with E-state index in [2.05, 4.69) is 42.9 Å². The third-order valence-electron chi connectivity index (χ3n) is 3.69. The van der Waals surface area contributed by atoms with E-state index in [4.69, 9.17) is 5.73 Å². The summed E-state index contributed by atoms with van der Waals surface area (Å²) in [5.41, 5.74) is 5.83. The van der Waals surface area contributed by atoms with Gasteiger partial charge in [0.25, 0.3) is 0 Å². The summed E-state index contributed by atoms with van der Waals surface area (Å²) < 4.78 is 0. The minimum absolute atomic E-state index is 0.363. The zero-order valence-corrected chi connectivity index (χ0v) is 13.2. The van der Waals surface area contributed by atoms with Crippen LogP contribution in [-0.2, 0) is 0 Å². The third-order valence-corrected chi connectivity index (χ3v) is 3.69. The number of hydrogen-bond donors (Lipinski definition) is 2. The molecule has 1 heterocycles. The molecule has 1 aliphatic rings. The van der Waals surface area contributed by atoms with Crippen molar-refractivity contribution in [2.24, 2.45) is 22.6 Å². The average molecular weight is 268 g/mol. The lowest BCUT2D eigenvalue weighted by atomic mass is 9.96. The van der Waals surface area contributed by atoms with Crippen LogP contribution in [-0.4, -0.2) is 43.1 Å². The fourth-order valence-corrected chi connectivity index (χ4v) is 2.40. The smallest absolute Gasteiger partial charge is 0.188 e. The van der Waals surface area contributed by atoms with Gasteiger partial charge in [-0.25, -0.2) is 0 Å². The molecule has 3 N–H and O–H groups in total. The largest absolute Gasteiger partial charge is 0.370 e. The van der Waals surface area contributed by atoms with Crippen LogP contribution in [0, 0.1) is 11.8 Å². The second-order valence-corrected chi connectivity index (χ2v) is 6.49. The summed E-state index contributed by atoms with van der Waals surface area (Å²) in [6, 6.07) is 0.363. The van der Waals surface area contributed by atoms with Gasteiger partial charge in [0.2, 0.25) is 0 Å². The number of likely N-dealkylation sites (tertiary alicyclic amines) is 1. The highest BCUT2D eigenvalue weighted by molar-refractivity contribution is 5.78. The van der Waals surface area contributed by atoms with Crippen LogP contribution in [0.15, 0.2) is 4.99 Å². The van der Waals surface area contributed by atoms with Gasteiger partial charge >= 0.3 is 0 Å². The second kappa shape index (κ2) is 8.41. The first-order valence-corrected chi connectivity index (χ1v) is 7.76. The maximum absolute atomic E-state index is 5.83. The number of nitrogens with two attached hydrogens (primary N) is 1. The first-order chi connectivity index (χ1) is 8.97. The topological polar surface area (TPSA) is 53.6 Å². The third kappa shape index (κ3) is 7.41. The van der Waals surface area contributed by atoms with Crippen LogP contribution in [0.1, 0.15) is 47.0 Å². The molecular formula is C15H32N4. The summed E-state index contributed by atoms with van der Waals surface area (Å²) in [4.78, 5) is 7.05. The summed E-state index contributed by atoms with van der Waals surface area (Å²) >= 11 is 0. The molecule has 19 heavy (non-hydrogen) atoms. The summed E-state index contributed by atoms with van der Waals surface area (Å²) in [6.07, 6.45) is 3.83. The SMILES string of the molecule is CC(C)CCN1CCC(CN=C(N)NC(C)C)CC1. The molecule has 112 valence electrons. The van der Waals surface area contributed by atoms with Crippen LogP contribution in [0.3, 0.4) is 0 Å². The van der Waals surface area contributed by atoms with Crippen LogP contribution in [0.25, 0.3) is 0 Å². The lowest BCUT2D eigenvalue weighted by Crippen LogP contribution is -2.38. The van der Waals surface area contributed by atoms with Gasteiger partial charge in [-0.15, -0.1) is 0 Å². The fraction of sp³-hybridized carbons (Fsp3) is 0.933. The van der Waals surface area contributed by atoms with Gasteiger partial charge in [0.1, 0.15) is 0 Å². The Labute approximate surface area is 118 Å². The van der Waals surface area contributed by atoms with E-state index in [0.717, 1.165) is 12.5 Å². The van der Waals surface area contributed by atoms with Gasteiger partial charge in [0.05, 0.1) is 0 Å². The van der Waals surface area contributed by atoms with Crippen LogP contribution >= 0.6 is 0 Å². The minimum Gasteiger partial charge on any atom is -0.370 e. The van der Waals surface area contributed by atoms with Crippen molar-refractivity contribution in [2.75, 3.05) is 26.2 Å². The molecule has 4 nitrogen and oxygen atoms in total. The molecule has 1 fully saturated rings. The Balaban J connectivity index is 2.19. The highest BCUT2D eigenvalue weighted by Gasteiger charge is 2.18. The molecule has 0 spiro atoms. The van der Waals surface area contributed by atoms with Crippen molar-refractivity contribution in [3.05, 3.63) is 0 Å². The Hall–Kier alpha value is -0.770. The van der Waals surface area contributed by atoms with Crippen LogP contribution < -0.4 is 11.1 Å². The van der Waals surface area contributed by atoms with E-state index in [1.165, 1.54) is 38.9 Å². The van der Waals surface area contributed by atoms with Gasteiger partial charge in [0, 0.05) is 12.6 Å². The Kier molecular flexibility index (Phi) is 7.21. The molecule has 0 aliphatic carbocycles. The molecule has 0 aromatic carbocycles. The van der Waals surface area contributed by atoms with Crippen LogP contribution in [0.4, 0.5) is 0 Å². The number of aliphatic imine (C=N–C) groups is 1. The van der Waals surface area contributed by atoms with Gasteiger partial charge < -0.3 is 16.0 Å². The van der Waals surface area contributed by atoms with Crippen LogP contribution in [0.2, 0.25) is 0 Å². The predicted octanol–water partition coefficient (Wildman–Crippen LogP) is 2.06. The monoisotopic (exact) mass is 268 g/mol. The molecule has 1 saturated heterocycles. The number of piperidine rings is 1. The number of guanidine groups is 1. The quantitative estimate of drug-likeness (QED) is 0.573. The number of nitrogens with zero attached hydrogens (tertiary/aromatic N) is 2. The Bertz CT molecular complexity index is 265. The molecule has 0 aromatic rings. The van der Waals surface area contributed by atoms with E-state index < -0.39 is 0 Å². The first kappa shape index (κ1) is 16.3. The van der Waals surface area contributed by atoms with E-state index in [-0.39, 0.29) is 0 Å². The summed E-state index contributed by atoms with van der Waals surface area (Å²) in [7, 11) is 0. The molecular weight excluding hydrogens is 236 g/mol. The highest BCUT2D eigenvalue weighted by Crippen LogP contribution is 2.18. The molecule has 0 atom stereocenters. The number of nitrogens with one attached hydrogen (secondary N) is 1. The van der Waals surface area contributed by atoms with Gasteiger partial charge in [-0.3, -0.25) is 4.99 Å². The van der Waals surface area contributed by atoms with Crippen molar-refractivity contribution in [3.63, 3.8) is 0 Å². The molecule has 4 heteroatoms. The molecule has 0 unspecified atom stereocenters. The number of rotatable bonds is 6. The van der Waals surface area contributed by atoms with Crippen molar-refractivity contribution in [2.45, 2.75) is 53.0 Å². The molecule has 1 rings (SSSR count). The molecule has 0 saturated carbocycles. The van der Waals surface area contributed by atoms with E-state index in [1.807, 2.05) is 0 Å². The Morgan fingerprint density at radius 3 is 2.42 bits per heavy atom. The van der Waals surface area contributed by atoms with Crippen molar-refractivity contribution in [1.82, 2.24) is 10.2 Å². The van der Waals surface area contributed by atoms with Crippen LogP contribution in [0.5, 0.6) is 0 Å². The lowest BCUT2D eigenvalue weighted by molar-refractivity contribution is 0.180. The summed E-state index contributed by atoms with van der Waals surface area (Å²) in [6.45, 7) is 13.3.